The molecule has 0 aromatic carbocycles. The first-order valence-electron chi connectivity index (χ1n) is 6.75. The van der Waals surface area contributed by atoms with Crippen LogP contribution in [-0.2, 0) is 4.74 Å². The van der Waals surface area contributed by atoms with Crippen molar-refractivity contribution < 1.29 is 9.84 Å². The fourth-order valence-corrected chi connectivity index (χ4v) is 1.95. The van der Waals surface area contributed by atoms with Gasteiger partial charge in [0.1, 0.15) is 0 Å². The van der Waals surface area contributed by atoms with Crippen molar-refractivity contribution >= 4 is 0 Å². The average Bonchev–Trinajstić information content (AvgIpc) is 2.31. The molecule has 0 bridgehead atoms. The third-order valence-corrected chi connectivity index (χ3v) is 2.85. The van der Waals surface area contributed by atoms with Crippen molar-refractivity contribution in [1.29, 1.82) is 0 Å². The molecule has 1 N–H and O–H groups in total. The lowest BCUT2D eigenvalue weighted by molar-refractivity contribution is 0.0529. The van der Waals surface area contributed by atoms with Crippen LogP contribution in [0.2, 0.25) is 0 Å². The van der Waals surface area contributed by atoms with E-state index in [0.717, 1.165) is 39.3 Å². The molecule has 0 amide bonds. The summed E-state index contributed by atoms with van der Waals surface area (Å²) in [6, 6.07) is 0.549. The molecule has 1 atom stereocenters. The summed E-state index contributed by atoms with van der Waals surface area (Å²) in [6.45, 7) is 12.6. The Hall–Kier alpha value is -0.160. The Kier molecular flexibility index (Phi) is 10.9. The van der Waals surface area contributed by atoms with Crippen LogP contribution in [0.1, 0.15) is 27.2 Å². The van der Waals surface area contributed by atoms with Gasteiger partial charge in [-0.1, -0.05) is 20.3 Å². The standard InChI is InChI=1S/C10H22N2O2.C3H8/c1-10-9-11(6-8-14-2)3-4-12(10)5-7-13;1-3-2/h10,13H,3-9H2,1-2H3;3H2,1-2H3/t10-;/m1./s1. The Morgan fingerprint density at radius 1 is 1.24 bits per heavy atom. The summed E-state index contributed by atoms with van der Waals surface area (Å²) >= 11 is 0. The molecule has 4 heteroatoms. The minimum atomic E-state index is 0.266. The summed E-state index contributed by atoms with van der Waals surface area (Å²) < 4.78 is 5.06. The maximum atomic E-state index is 8.87. The van der Waals surface area contributed by atoms with Gasteiger partial charge in [-0.25, -0.2) is 0 Å². The molecule has 1 aliphatic heterocycles. The van der Waals surface area contributed by atoms with Crippen LogP contribution in [0, 0.1) is 0 Å². The molecule has 1 saturated heterocycles. The number of rotatable bonds is 5. The number of methoxy groups -OCH3 is 1. The minimum Gasteiger partial charge on any atom is -0.395 e. The third kappa shape index (κ3) is 7.71. The van der Waals surface area contributed by atoms with E-state index in [2.05, 4.69) is 30.6 Å². The van der Waals surface area contributed by atoms with E-state index < -0.39 is 0 Å². The molecule has 0 unspecified atom stereocenters. The largest absolute Gasteiger partial charge is 0.395 e. The number of piperazine rings is 1. The van der Waals surface area contributed by atoms with E-state index in [0.29, 0.717) is 6.04 Å². The number of β-amino-alcohol motifs (C(OH)–C–C–N with tert-alkyl or cyclic N) is 1. The molecular formula is C13H30N2O2. The maximum Gasteiger partial charge on any atom is 0.0589 e. The summed E-state index contributed by atoms with van der Waals surface area (Å²) in [6.07, 6.45) is 1.25. The predicted octanol–water partition coefficient (Wildman–Crippen LogP) is 1.05. The monoisotopic (exact) mass is 246 g/mol. The molecule has 0 aromatic rings. The van der Waals surface area contributed by atoms with Crippen LogP contribution in [0.15, 0.2) is 0 Å². The molecular weight excluding hydrogens is 216 g/mol. The molecule has 1 heterocycles. The molecule has 1 rings (SSSR count). The molecule has 0 radical (unpaired) electrons. The summed E-state index contributed by atoms with van der Waals surface area (Å²) in [7, 11) is 1.74. The highest BCUT2D eigenvalue weighted by atomic mass is 16.5. The van der Waals surface area contributed by atoms with Crippen molar-refractivity contribution in [2.24, 2.45) is 0 Å². The van der Waals surface area contributed by atoms with Crippen LogP contribution in [0.5, 0.6) is 0 Å². The zero-order valence-electron chi connectivity index (χ0n) is 12.0. The Balaban J connectivity index is 0.000000770. The number of hydrogen-bond acceptors (Lipinski definition) is 4. The molecule has 0 spiro atoms. The lowest BCUT2D eigenvalue weighted by Gasteiger charge is -2.39. The third-order valence-electron chi connectivity index (χ3n) is 2.85. The van der Waals surface area contributed by atoms with Crippen LogP contribution in [0.3, 0.4) is 0 Å². The van der Waals surface area contributed by atoms with E-state index >= 15 is 0 Å². The normalized spacial score (nSPS) is 22.1. The van der Waals surface area contributed by atoms with E-state index in [9.17, 15) is 0 Å². The summed E-state index contributed by atoms with van der Waals surface area (Å²) in [5, 5.41) is 8.87. The van der Waals surface area contributed by atoms with Crippen LogP contribution in [0.25, 0.3) is 0 Å². The van der Waals surface area contributed by atoms with E-state index in [-0.39, 0.29) is 6.61 Å². The van der Waals surface area contributed by atoms with Gasteiger partial charge in [0, 0.05) is 45.9 Å². The molecule has 1 fully saturated rings. The Labute approximate surface area is 107 Å². The second-order valence-corrected chi connectivity index (χ2v) is 4.61. The first-order valence-corrected chi connectivity index (χ1v) is 6.75. The minimum absolute atomic E-state index is 0.266. The zero-order valence-corrected chi connectivity index (χ0v) is 12.0. The number of hydrogen-bond donors (Lipinski definition) is 1. The Morgan fingerprint density at radius 3 is 2.35 bits per heavy atom. The Morgan fingerprint density at radius 2 is 1.88 bits per heavy atom. The second-order valence-electron chi connectivity index (χ2n) is 4.61. The topological polar surface area (TPSA) is 35.9 Å². The van der Waals surface area contributed by atoms with Gasteiger partial charge in [-0.3, -0.25) is 9.80 Å². The highest BCUT2D eigenvalue weighted by Gasteiger charge is 2.22. The average molecular weight is 246 g/mol. The summed E-state index contributed by atoms with van der Waals surface area (Å²) in [5.74, 6) is 0. The summed E-state index contributed by atoms with van der Waals surface area (Å²) in [4.78, 5) is 4.76. The van der Waals surface area contributed by atoms with E-state index in [1.807, 2.05) is 0 Å². The van der Waals surface area contributed by atoms with Gasteiger partial charge < -0.3 is 9.84 Å². The summed E-state index contributed by atoms with van der Waals surface area (Å²) in [5.41, 5.74) is 0. The smallest absolute Gasteiger partial charge is 0.0589 e. The molecule has 4 nitrogen and oxygen atoms in total. The first-order chi connectivity index (χ1) is 8.19. The van der Waals surface area contributed by atoms with Crippen molar-refractivity contribution in [2.75, 3.05) is 53.0 Å². The highest BCUT2D eigenvalue weighted by Crippen LogP contribution is 2.08. The van der Waals surface area contributed by atoms with Crippen molar-refractivity contribution in [1.82, 2.24) is 9.80 Å². The molecule has 0 aromatic heterocycles. The van der Waals surface area contributed by atoms with Gasteiger partial charge in [0.2, 0.25) is 0 Å². The van der Waals surface area contributed by atoms with Gasteiger partial charge in [0.25, 0.3) is 0 Å². The van der Waals surface area contributed by atoms with E-state index in [1.165, 1.54) is 6.42 Å². The van der Waals surface area contributed by atoms with Crippen LogP contribution >= 0.6 is 0 Å². The van der Waals surface area contributed by atoms with Crippen molar-refractivity contribution in [3.8, 4) is 0 Å². The molecule has 0 saturated carbocycles. The van der Waals surface area contributed by atoms with Crippen LogP contribution < -0.4 is 0 Å². The highest BCUT2D eigenvalue weighted by molar-refractivity contribution is 4.78. The van der Waals surface area contributed by atoms with Gasteiger partial charge in [0.15, 0.2) is 0 Å². The quantitative estimate of drug-likeness (QED) is 0.786. The van der Waals surface area contributed by atoms with Crippen molar-refractivity contribution in [2.45, 2.75) is 33.2 Å². The molecule has 104 valence electrons. The van der Waals surface area contributed by atoms with Crippen LogP contribution in [-0.4, -0.2) is 74.0 Å². The van der Waals surface area contributed by atoms with Gasteiger partial charge in [-0.05, 0) is 6.92 Å². The van der Waals surface area contributed by atoms with E-state index in [4.69, 9.17) is 9.84 Å². The van der Waals surface area contributed by atoms with Crippen molar-refractivity contribution in [3.63, 3.8) is 0 Å². The number of ether oxygens (including phenoxy) is 1. The zero-order chi connectivity index (χ0) is 13.1. The second kappa shape index (κ2) is 11.0. The fraction of sp³-hybridized carbons (Fsp3) is 1.00. The van der Waals surface area contributed by atoms with Gasteiger partial charge in [0.05, 0.1) is 13.2 Å². The molecule has 1 aliphatic rings. The number of aliphatic hydroxyl groups excluding tert-OH is 1. The fourth-order valence-electron chi connectivity index (χ4n) is 1.95. The number of aliphatic hydroxyl groups is 1. The molecule has 0 aliphatic carbocycles. The SMILES string of the molecule is CCC.COCCN1CCN(CCO)[C@H](C)C1. The lowest BCUT2D eigenvalue weighted by Crippen LogP contribution is -2.53. The van der Waals surface area contributed by atoms with E-state index in [1.54, 1.807) is 7.11 Å². The predicted molar refractivity (Wildman–Crippen MR) is 72.4 cm³/mol. The van der Waals surface area contributed by atoms with Gasteiger partial charge >= 0.3 is 0 Å². The maximum absolute atomic E-state index is 8.87. The lowest BCUT2D eigenvalue weighted by atomic mass is 10.2. The Bertz CT molecular complexity index is 167. The first kappa shape index (κ1) is 16.8. The number of nitrogens with zero attached hydrogens (tertiary/aromatic N) is 2. The van der Waals surface area contributed by atoms with Gasteiger partial charge in [-0.15, -0.1) is 0 Å². The molecule has 17 heavy (non-hydrogen) atoms. The van der Waals surface area contributed by atoms with Gasteiger partial charge in [-0.2, -0.15) is 0 Å². The van der Waals surface area contributed by atoms with Crippen molar-refractivity contribution in [3.05, 3.63) is 0 Å². The van der Waals surface area contributed by atoms with Crippen LogP contribution in [0.4, 0.5) is 0 Å².